The average Bonchev–Trinajstić information content (AvgIpc) is 2.41. The number of ether oxygens (including phenoxy) is 1. The second kappa shape index (κ2) is 6.21. The molecule has 7 heteroatoms. The number of benzene rings is 1. The van der Waals surface area contributed by atoms with Crippen LogP contribution in [0.2, 0.25) is 5.02 Å². The number of aromatic nitrogens is 2. The van der Waals surface area contributed by atoms with Gasteiger partial charge in [-0.1, -0.05) is 11.6 Å². The zero-order chi connectivity index (χ0) is 14.5. The van der Waals surface area contributed by atoms with Crippen molar-refractivity contribution >= 4 is 29.1 Å². The topological polar surface area (TPSA) is 84.3 Å². The highest BCUT2D eigenvalue weighted by atomic mass is 35.5. The van der Waals surface area contributed by atoms with Crippen LogP contribution < -0.4 is 10.1 Å². The number of aromatic carboxylic acids is 1. The van der Waals surface area contributed by atoms with Gasteiger partial charge >= 0.3 is 5.97 Å². The summed E-state index contributed by atoms with van der Waals surface area (Å²) >= 11 is 5.81. The Balaban J connectivity index is 2.23. The Hall–Kier alpha value is -2.34. The lowest BCUT2D eigenvalue weighted by Crippen LogP contribution is -2.01. The molecule has 20 heavy (non-hydrogen) atoms. The lowest BCUT2D eigenvalue weighted by atomic mass is 10.2. The number of anilines is 2. The summed E-state index contributed by atoms with van der Waals surface area (Å²) < 4.78 is 5.26. The SMILES string of the molecule is CCOc1cc(Nc2ccc(Cl)c(C(=O)O)c2)ncn1. The summed E-state index contributed by atoms with van der Waals surface area (Å²) in [5, 5.41) is 12.2. The average molecular weight is 294 g/mol. The summed E-state index contributed by atoms with van der Waals surface area (Å²) in [5.41, 5.74) is 0.587. The van der Waals surface area contributed by atoms with Gasteiger partial charge in [-0.2, -0.15) is 0 Å². The molecule has 104 valence electrons. The fourth-order valence-corrected chi connectivity index (χ4v) is 1.75. The van der Waals surface area contributed by atoms with Crippen molar-refractivity contribution < 1.29 is 14.6 Å². The molecule has 1 aromatic heterocycles. The molecule has 0 spiro atoms. The van der Waals surface area contributed by atoms with Crippen molar-refractivity contribution in [2.45, 2.75) is 6.92 Å². The molecule has 0 amide bonds. The van der Waals surface area contributed by atoms with Crippen LogP contribution in [0.4, 0.5) is 11.5 Å². The van der Waals surface area contributed by atoms with Crippen LogP contribution in [0.15, 0.2) is 30.6 Å². The van der Waals surface area contributed by atoms with Crippen LogP contribution in [0.5, 0.6) is 5.88 Å². The molecule has 2 rings (SSSR count). The van der Waals surface area contributed by atoms with Gasteiger partial charge in [0.1, 0.15) is 12.1 Å². The first-order valence-corrected chi connectivity index (χ1v) is 6.22. The summed E-state index contributed by atoms with van der Waals surface area (Å²) in [6.07, 6.45) is 1.36. The molecule has 1 aromatic carbocycles. The number of carboxylic acid groups (broad SMARTS) is 1. The highest BCUT2D eigenvalue weighted by Gasteiger charge is 2.10. The van der Waals surface area contributed by atoms with Gasteiger partial charge in [0, 0.05) is 11.8 Å². The number of nitrogens with zero attached hydrogens (tertiary/aromatic N) is 2. The molecule has 6 nitrogen and oxygen atoms in total. The Morgan fingerprint density at radius 3 is 2.90 bits per heavy atom. The second-order valence-corrected chi connectivity index (χ2v) is 4.21. The van der Waals surface area contributed by atoms with Crippen molar-refractivity contribution in [2.24, 2.45) is 0 Å². The molecule has 1 heterocycles. The monoisotopic (exact) mass is 293 g/mol. The predicted octanol–water partition coefficient (Wildman–Crippen LogP) is 2.97. The fourth-order valence-electron chi connectivity index (χ4n) is 1.55. The molecule has 0 atom stereocenters. The van der Waals surface area contributed by atoms with Crippen LogP contribution in [0.1, 0.15) is 17.3 Å². The Morgan fingerprint density at radius 1 is 1.40 bits per heavy atom. The maximum absolute atomic E-state index is 11.0. The number of carbonyl (C=O) groups is 1. The first-order valence-electron chi connectivity index (χ1n) is 5.85. The van der Waals surface area contributed by atoms with E-state index < -0.39 is 5.97 Å². The molecule has 2 N–H and O–H groups in total. The van der Waals surface area contributed by atoms with Crippen LogP contribution >= 0.6 is 11.6 Å². The van der Waals surface area contributed by atoms with Crippen LogP contribution in [-0.4, -0.2) is 27.7 Å². The zero-order valence-corrected chi connectivity index (χ0v) is 11.4. The van der Waals surface area contributed by atoms with Crippen molar-refractivity contribution in [2.75, 3.05) is 11.9 Å². The number of carboxylic acids is 1. The Bertz CT molecular complexity index is 634. The Labute approximate surface area is 120 Å². The normalized spacial score (nSPS) is 10.1. The number of hydrogen-bond donors (Lipinski definition) is 2. The quantitative estimate of drug-likeness (QED) is 0.881. The van der Waals surface area contributed by atoms with Crippen LogP contribution in [0, 0.1) is 0 Å². The summed E-state index contributed by atoms with van der Waals surface area (Å²) in [6.45, 7) is 2.36. The third-order valence-electron chi connectivity index (χ3n) is 2.40. The van der Waals surface area contributed by atoms with E-state index in [0.717, 1.165) is 0 Å². The first kappa shape index (κ1) is 14.1. The van der Waals surface area contributed by atoms with Crippen molar-refractivity contribution in [3.63, 3.8) is 0 Å². The Kier molecular flexibility index (Phi) is 4.37. The molecule has 0 fully saturated rings. The molecule has 0 saturated carbocycles. The third kappa shape index (κ3) is 3.36. The second-order valence-electron chi connectivity index (χ2n) is 3.80. The van der Waals surface area contributed by atoms with E-state index in [0.29, 0.717) is 24.0 Å². The van der Waals surface area contributed by atoms with Crippen LogP contribution in [0.25, 0.3) is 0 Å². The molecular weight excluding hydrogens is 282 g/mol. The first-order chi connectivity index (χ1) is 9.60. The van der Waals surface area contributed by atoms with Gasteiger partial charge in [-0.05, 0) is 25.1 Å². The zero-order valence-electron chi connectivity index (χ0n) is 10.6. The lowest BCUT2D eigenvalue weighted by molar-refractivity contribution is 0.0697. The fraction of sp³-hybridized carbons (Fsp3) is 0.154. The van der Waals surface area contributed by atoms with Gasteiger partial charge in [-0.15, -0.1) is 0 Å². The molecule has 0 bridgehead atoms. The maximum atomic E-state index is 11.0. The highest BCUT2D eigenvalue weighted by Crippen LogP contribution is 2.23. The van der Waals surface area contributed by atoms with Gasteiger partial charge in [0.05, 0.1) is 17.2 Å². The molecular formula is C13H12ClN3O3. The van der Waals surface area contributed by atoms with E-state index in [1.165, 1.54) is 18.5 Å². The molecule has 2 aromatic rings. The standard InChI is InChI=1S/C13H12ClN3O3/c1-2-20-12-6-11(15-7-16-12)17-8-3-4-10(14)9(5-8)13(18)19/h3-7H,2H2,1H3,(H,18,19)(H,15,16,17). The van der Waals surface area contributed by atoms with Crippen molar-refractivity contribution in [1.82, 2.24) is 9.97 Å². The Morgan fingerprint density at radius 2 is 2.20 bits per heavy atom. The van der Waals surface area contributed by atoms with Crippen LogP contribution in [0.3, 0.4) is 0 Å². The molecule has 0 aliphatic carbocycles. The van der Waals surface area contributed by atoms with E-state index >= 15 is 0 Å². The summed E-state index contributed by atoms with van der Waals surface area (Å²) in [5.74, 6) is -0.143. The van der Waals surface area contributed by atoms with E-state index in [9.17, 15) is 4.79 Å². The minimum Gasteiger partial charge on any atom is -0.478 e. The maximum Gasteiger partial charge on any atom is 0.337 e. The van der Waals surface area contributed by atoms with Gasteiger partial charge in [-0.3, -0.25) is 0 Å². The van der Waals surface area contributed by atoms with Gasteiger partial charge in [-0.25, -0.2) is 14.8 Å². The number of rotatable bonds is 5. The smallest absolute Gasteiger partial charge is 0.337 e. The minimum absolute atomic E-state index is 0.0238. The van der Waals surface area contributed by atoms with Gasteiger partial charge < -0.3 is 15.2 Å². The molecule has 0 radical (unpaired) electrons. The van der Waals surface area contributed by atoms with Gasteiger partial charge in [0.2, 0.25) is 5.88 Å². The van der Waals surface area contributed by atoms with E-state index in [4.69, 9.17) is 21.4 Å². The van der Waals surface area contributed by atoms with E-state index in [2.05, 4.69) is 15.3 Å². The summed E-state index contributed by atoms with van der Waals surface area (Å²) in [6, 6.07) is 6.24. The van der Waals surface area contributed by atoms with E-state index in [1.54, 1.807) is 12.1 Å². The molecule has 0 aliphatic heterocycles. The number of hydrogen-bond acceptors (Lipinski definition) is 5. The summed E-state index contributed by atoms with van der Waals surface area (Å²) in [4.78, 5) is 19.0. The van der Waals surface area contributed by atoms with Gasteiger partial charge in [0.25, 0.3) is 0 Å². The van der Waals surface area contributed by atoms with Crippen LogP contribution in [-0.2, 0) is 0 Å². The van der Waals surface area contributed by atoms with Gasteiger partial charge in [0.15, 0.2) is 0 Å². The van der Waals surface area contributed by atoms with Crippen molar-refractivity contribution in [3.05, 3.63) is 41.2 Å². The molecule has 0 saturated heterocycles. The summed E-state index contributed by atoms with van der Waals surface area (Å²) in [7, 11) is 0. The third-order valence-corrected chi connectivity index (χ3v) is 2.73. The number of nitrogens with one attached hydrogen (secondary N) is 1. The minimum atomic E-state index is -1.09. The molecule has 0 unspecified atom stereocenters. The van der Waals surface area contributed by atoms with Crippen molar-refractivity contribution in [3.8, 4) is 5.88 Å². The number of halogens is 1. The van der Waals surface area contributed by atoms with E-state index in [-0.39, 0.29) is 10.6 Å². The highest BCUT2D eigenvalue weighted by molar-refractivity contribution is 6.33. The predicted molar refractivity (Wildman–Crippen MR) is 74.9 cm³/mol. The van der Waals surface area contributed by atoms with Crippen molar-refractivity contribution in [1.29, 1.82) is 0 Å². The lowest BCUT2D eigenvalue weighted by Gasteiger charge is -2.08. The molecule has 0 aliphatic rings. The largest absolute Gasteiger partial charge is 0.478 e. The van der Waals surface area contributed by atoms with E-state index in [1.807, 2.05) is 6.92 Å².